The Morgan fingerprint density at radius 3 is 2.55 bits per heavy atom. The van der Waals surface area contributed by atoms with Gasteiger partial charge in [-0.1, -0.05) is 12.1 Å². The van der Waals surface area contributed by atoms with Crippen LogP contribution in [0, 0.1) is 0 Å². The highest BCUT2D eigenvalue weighted by atomic mass is 16.5. The molecule has 0 atom stereocenters. The third kappa shape index (κ3) is 3.96. The fourth-order valence-electron chi connectivity index (χ4n) is 1.79. The van der Waals surface area contributed by atoms with E-state index in [0.717, 1.165) is 12.3 Å². The molecule has 2 aromatic rings. The van der Waals surface area contributed by atoms with Gasteiger partial charge in [0.25, 0.3) is 5.88 Å². The van der Waals surface area contributed by atoms with E-state index in [2.05, 4.69) is 10.3 Å². The van der Waals surface area contributed by atoms with Crippen LogP contribution in [0.15, 0.2) is 42.6 Å². The number of pyridine rings is 1. The van der Waals surface area contributed by atoms with Crippen LogP contribution in [0.25, 0.3) is 0 Å². The molecule has 0 saturated heterocycles. The molecule has 1 heterocycles. The van der Waals surface area contributed by atoms with Gasteiger partial charge in [0.15, 0.2) is 5.75 Å². The van der Waals surface area contributed by atoms with E-state index in [9.17, 15) is 0 Å². The number of aromatic nitrogens is 1. The van der Waals surface area contributed by atoms with E-state index in [1.165, 1.54) is 5.56 Å². The van der Waals surface area contributed by atoms with E-state index in [1.54, 1.807) is 6.20 Å². The molecule has 1 aromatic heterocycles. The molecule has 0 bridgehead atoms. The number of ether oxygens (including phenoxy) is 2. The highest BCUT2D eigenvalue weighted by Crippen LogP contribution is 2.29. The molecule has 4 heteroatoms. The van der Waals surface area contributed by atoms with Crippen molar-refractivity contribution in [3.05, 3.63) is 48.2 Å². The topological polar surface area (TPSA) is 43.4 Å². The Hall–Kier alpha value is -2.07. The second kappa shape index (κ2) is 6.91. The van der Waals surface area contributed by atoms with Crippen molar-refractivity contribution in [1.29, 1.82) is 0 Å². The first-order chi connectivity index (χ1) is 9.69. The maximum Gasteiger partial charge on any atom is 0.262 e. The first-order valence-electron chi connectivity index (χ1n) is 6.72. The fourth-order valence-corrected chi connectivity index (χ4v) is 1.79. The molecule has 0 spiro atoms. The van der Waals surface area contributed by atoms with E-state index in [-0.39, 0.29) is 6.10 Å². The lowest BCUT2D eigenvalue weighted by Crippen LogP contribution is -2.07. The maximum absolute atomic E-state index is 5.79. The SMILES string of the molecule is CNCc1ccc(Oc2ncccc2OC(C)C)cc1. The van der Waals surface area contributed by atoms with Crippen molar-refractivity contribution in [3.63, 3.8) is 0 Å². The molecule has 2 rings (SSSR count). The summed E-state index contributed by atoms with van der Waals surface area (Å²) in [6, 6.07) is 11.6. The van der Waals surface area contributed by atoms with E-state index >= 15 is 0 Å². The van der Waals surface area contributed by atoms with Gasteiger partial charge in [-0.15, -0.1) is 0 Å². The van der Waals surface area contributed by atoms with Crippen molar-refractivity contribution in [2.45, 2.75) is 26.5 Å². The summed E-state index contributed by atoms with van der Waals surface area (Å²) in [7, 11) is 1.92. The van der Waals surface area contributed by atoms with Gasteiger partial charge in [0.2, 0.25) is 0 Å². The minimum atomic E-state index is 0.0829. The fraction of sp³-hybridized carbons (Fsp3) is 0.312. The third-order valence-corrected chi connectivity index (χ3v) is 2.62. The Morgan fingerprint density at radius 1 is 1.15 bits per heavy atom. The highest BCUT2D eigenvalue weighted by molar-refractivity contribution is 5.37. The minimum Gasteiger partial charge on any atom is -0.485 e. The lowest BCUT2D eigenvalue weighted by molar-refractivity contribution is 0.231. The first kappa shape index (κ1) is 14.3. The smallest absolute Gasteiger partial charge is 0.262 e. The summed E-state index contributed by atoms with van der Waals surface area (Å²) in [6.07, 6.45) is 1.78. The van der Waals surface area contributed by atoms with Crippen LogP contribution in [0.2, 0.25) is 0 Å². The van der Waals surface area contributed by atoms with Gasteiger partial charge in [-0.2, -0.15) is 0 Å². The molecule has 1 N–H and O–H groups in total. The summed E-state index contributed by atoms with van der Waals surface area (Å²) >= 11 is 0. The molecular formula is C16H20N2O2. The largest absolute Gasteiger partial charge is 0.485 e. The molecule has 1 aromatic carbocycles. The number of hydrogen-bond donors (Lipinski definition) is 1. The van der Waals surface area contributed by atoms with Crippen LogP contribution in [0.4, 0.5) is 0 Å². The van der Waals surface area contributed by atoms with Gasteiger partial charge in [0, 0.05) is 12.7 Å². The van der Waals surface area contributed by atoms with E-state index in [0.29, 0.717) is 11.6 Å². The number of nitrogens with one attached hydrogen (secondary N) is 1. The number of hydrogen-bond acceptors (Lipinski definition) is 4. The molecule has 0 aliphatic rings. The van der Waals surface area contributed by atoms with Crippen LogP contribution in [-0.4, -0.2) is 18.1 Å². The van der Waals surface area contributed by atoms with Crippen molar-refractivity contribution < 1.29 is 9.47 Å². The molecule has 0 radical (unpaired) electrons. The average Bonchev–Trinajstić information content (AvgIpc) is 2.43. The predicted octanol–water partition coefficient (Wildman–Crippen LogP) is 3.38. The van der Waals surface area contributed by atoms with Gasteiger partial charge in [-0.25, -0.2) is 4.98 Å². The van der Waals surface area contributed by atoms with Crippen LogP contribution < -0.4 is 14.8 Å². The minimum absolute atomic E-state index is 0.0829. The Morgan fingerprint density at radius 2 is 1.90 bits per heavy atom. The maximum atomic E-state index is 5.79. The first-order valence-corrected chi connectivity index (χ1v) is 6.72. The molecule has 20 heavy (non-hydrogen) atoms. The summed E-state index contributed by atoms with van der Waals surface area (Å²) in [6.45, 7) is 4.79. The summed E-state index contributed by atoms with van der Waals surface area (Å²) in [4.78, 5) is 4.23. The van der Waals surface area contributed by atoms with Gasteiger partial charge >= 0.3 is 0 Å². The van der Waals surface area contributed by atoms with Gasteiger partial charge in [-0.3, -0.25) is 0 Å². The van der Waals surface area contributed by atoms with Gasteiger partial charge in [0.1, 0.15) is 5.75 Å². The quantitative estimate of drug-likeness (QED) is 0.875. The van der Waals surface area contributed by atoms with Crippen LogP contribution >= 0.6 is 0 Å². The molecule has 0 aliphatic carbocycles. The number of benzene rings is 1. The zero-order valence-corrected chi connectivity index (χ0v) is 12.1. The van der Waals surface area contributed by atoms with Crippen molar-refractivity contribution in [2.24, 2.45) is 0 Å². The lowest BCUT2D eigenvalue weighted by Gasteiger charge is -2.13. The summed E-state index contributed by atoms with van der Waals surface area (Å²) in [5.41, 5.74) is 1.21. The van der Waals surface area contributed by atoms with Crippen LogP contribution in [0.3, 0.4) is 0 Å². The second-order valence-electron chi connectivity index (χ2n) is 4.75. The summed E-state index contributed by atoms with van der Waals surface area (Å²) in [5, 5.41) is 3.11. The second-order valence-corrected chi connectivity index (χ2v) is 4.75. The molecule has 0 fully saturated rings. The molecular weight excluding hydrogens is 252 g/mol. The summed E-state index contributed by atoms with van der Waals surface area (Å²) < 4.78 is 11.5. The normalized spacial score (nSPS) is 10.6. The molecule has 4 nitrogen and oxygen atoms in total. The van der Waals surface area contributed by atoms with Crippen molar-refractivity contribution in [1.82, 2.24) is 10.3 Å². The molecule has 0 unspecified atom stereocenters. The molecule has 106 valence electrons. The Labute approximate surface area is 119 Å². The zero-order chi connectivity index (χ0) is 14.4. The molecule has 0 amide bonds. The van der Waals surface area contributed by atoms with Crippen molar-refractivity contribution in [3.8, 4) is 17.4 Å². The lowest BCUT2D eigenvalue weighted by atomic mass is 10.2. The standard InChI is InChI=1S/C16H20N2O2/c1-12(2)19-15-5-4-10-18-16(15)20-14-8-6-13(7-9-14)11-17-3/h4-10,12,17H,11H2,1-3H3. The van der Waals surface area contributed by atoms with E-state index < -0.39 is 0 Å². The molecule has 0 saturated carbocycles. The van der Waals surface area contributed by atoms with Gasteiger partial charge in [-0.05, 0) is 50.7 Å². The van der Waals surface area contributed by atoms with Crippen molar-refractivity contribution >= 4 is 0 Å². The van der Waals surface area contributed by atoms with Crippen LogP contribution in [0.1, 0.15) is 19.4 Å². The van der Waals surface area contributed by atoms with Crippen LogP contribution in [-0.2, 0) is 6.54 Å². The Balaban J connectivity index is 2.13. The van der Waals surface area contributed by atoms with Gasteiger partial charge < -0.3 is 14.8 Å². The number of nitrogens with zero attached hydrogens (tertiary/aromatic N) is 1. The van der Waals surface area contributed by atoms with Crippen molar-refractivity contribution in [2.75, 3.05) is 7.05 Å². The number of rotatable bonds is 6. The monoisotopic (exact) mass is 272 g/mol. The van der Waals surface area contributed by atoms with Gasteiger partial charge in [0.05, 0.1) is 6.10 Å². The Bertz CT molecular complexity index is 538. The van der Waals surface area contributed by atoms with E-state index in [1.807, 2.05) is 57.3 Å². The zero-order valence-electron chi connectivity index (χ0n) is 12.1. The highest BCUT2D eigenvalue weighted by Gasteiger charge is 2.08. The molecule has 0 aliphatic heterocycles. The predicted molar refractivity (Wildman–Crippen MR) is 79.3 cm³/mol. The third-order valence-electron chi connectivity index (χ3n) is 2.62. The van der Waals surface area contributed by atoms with E-state index in [4.69, 9.17) is 9.47 Å². The van der Waals surface area contributed by atoms with Crippen LogP contribution in [0.5, 0.6) is 17.4 Å². The summed E-state index contributed by atoms with van der Waals surface area (Å²) in [5.74, 6) is 1.89. The average molecular weight is 272 g/mol. The Kier molecular flexibility index (Phi) is 4.96.